The van der Waals surface area contributed by atoms with Crippen molar-refractivity contribution in [3.63, 3.8) is 0 Å². The SMILES string of the molecule is CCN(CC)C(CNC(=O)C1(NC(=O)NCc2ccccc2)CCCC1)c1ccco1. The van der Waals surface area contributed by atoms with Crippen LogP contribution in [-0.4, -0.2) is 42.0 Å². The van der Waals surface area contributed by atoms with Gasteiger partial charge in [0.1, 0.15) is 11.3 Å². The van der Waals surface area contributed by atoms with Gasteiger partial charge in [-0.15, -0.1) is 0 Å². The van der Waals surface area contributed by atoms with Gasteiger partial charge in [-0.2, -0.15) is 0 Å². The molecule has 7 nitrogen and oxygen atoms in total. The average molecular weight is 427 g/mol. The first-order valence-corrected chi connectivity index (χ1v) is 11.2. The van der Waals surface area contributed by atoms with Crippen molar-refractivity contribution in [1.82, 2.24) is 20.9 Å². The van der Waals surface area contributed by atoms with Crippen molar-refractivity contribution >= 4 is 11.9 Å². The van der Waals surface area contributed by atoms with Crippen LogP contribution in [0, 0.1) is 0 Å². The molecule has 3 amide bonds. The average Bonchev–Trinajstić information content (AvgIpc) is 3.49. The van der Waals surface area contributed by atoms with E-state index in [1.807, 2.05) is 42.5 Å². The summed E-state index contributed by atoms with van der Waals surface area (Å²) in [7, 11) is 0. The number of benzene rings is 1. The number of nitrogens with zero attached hydrogens (tertiary/aromatic N) is 1. The van der Waals surface area contributed by atoms with Crippen LogP contribution in [0.4, 0.5) is 4.79 Å². The van der Waals surface area contributed by atoms with E-state index in [2.05, 4.69) is 34.7 Å². The molecule has 0 aliphatic heterocycles. The van der Waals surface area contributed by atoms with Crippen LogP contribution < -0.4 is 16.0 Å². The summed E-state index contributed by atoms with van der Waals surface area (Å²) in [5.41, 5.74) is 0.153. The van der Waals surface area contributed by atoms with Gasteiger partial charge in [-0.05, 0) is 43.6 Å². The minimum atomic E-state index is -0.863. The molecule has 1 aromatic heterocycles. The number of rotatable bonds is 10. The maximum absolute atomic E-state index is 13.2. The number of hydrogen-bond donors (Lipinski definition) is 3. The van der Waals surface area contributed by atoms with E-state index >= 15 is 0 Å². The van der Waals surface area contributed by atoms with Crippen LogP contribution in [-0.2, 0) is 11.3 Å². The largest absolute Gasteiger partial charge is 0.468 e. The zero-order valence-electron chi connectivity index (χ0n) is 18.5. The van der Waals surface area contributed by atoms with E-state index in [0.717, 1.165) is 37.3 Å². The van der Waals surface area contributed by atoms with Gasteiger partial charge in [-0.3, -0.25) is 9.69 Å². The number of likely N-dealkylation sites (N-methyl/N-ethyl adjacent to an activating group) is 1. The molecule has 3 N–H and O–H groups in total. The zero-order valence-corrected chi connectivity index (χ0v) is 18.5. The molecule has 1 saturated carbocycles. The van der Waals surface area contributed by atoms with Crippen molar-refractivity contribution < 1.29 is 14.0 Å². The van der Waals surface area contributed by atoms with Gasteiger partial charge < -0.3 is 20.4 Å². The van der Waals surface area contributed by atoms with Crippen LogP contribution in [0.25, 0.3) is 0 Å². The highest BCUT2D eigenvalue weighted by atomic mass is 16.3. The molecule has 3 rings (SSSR count). The summed E-state index contributed by atoms with van der Waals surface area (Å²) in [5, 5.41) is 8.95. The third-order valence-corrected chi connectivity index (χ3v) is 6.12. The first kappa shape index (κ1) is 22.9. The van der Waals surface area contributed by atoms with Gasteiger partial charge in [0, 0.05) is 13.1 Å². The highest BCUT2D eigenvalue weighted by Gasteiger charge is 2.42. The van der Waals surface area contributed by atoms with Crippen molar-refractivity contribution in [1.29, 1.82) is 0 Å². The van der Waals surface area contributed by atoms with Crippen molar-refractivity contribution in [2.24, 2.45) is 0 Å². The molecule has 31 heavy (non-hydrogen) atoms. The number of carbonyl (C=O) groups excluding carboxylic acids is 2. The second-order valence-corrected chi connectivity index (χ2v) is 8.04. The molecule has 1 fully saturated rings. The highest BCUT2D eigenvalue weighted by molar-refractivity contribution is 5.91. The Morgan fingerprint density at radius 2 is 1.74 bits per heavy atom. The number of carbonyl (C=O) groups is 2. The maximum atomic E-state index is 13.2. The van der Waals surface area contributed by atoms with Crippen molar-refractivity contribution in [2.75, 3.05) is 19.6 Å². The Bertz CT molecular complexity index is 813. The van der Waals surface area contributed by atoms with Gasteiger partial charge in [0.2, 0.25) is 5.91 Å². The Hall–Kier alpha value is -2.80. The first-order valence-electron chi connectivity index (χ1n) is 11.2. The molecule has 0 bridgehead atoms. The van der Waals surface area contributed by atoms with E-state index in [1.165, 1.54) is 0 Å². The Morgan fingerprint density at radius 1 is 1.03 bits per heavy atom. The molecule has 7 heteroatoms. The second kappa shape index (κ2) is 11.0. The predicted molar refractivity (Wildman–Crippen MR) is 120 cm³/mol. The normalized spacial score (nSPS) is 16.1. The van der Waals surface area contributed by atoms with Crippen molar-refractivity contribution in [3.05, 3.63) is 60.1 Å². The van der Waals surface area contributed by atoms with Gasteiger partial charge >= 0.3 is 6.03 Å². The van der Waals surface area contributed by atoms with E-state index < -0.39 is 5.54 Å². The monoisotopic (exact) mass is 426 g/mol. The lowest BCUT2D eigenvalue weighted by molar-refractivity contribution is -0.127. The van der Waals surface area contributed by atoms with Crippen LogP contribution in [0.3, 0.4) is 0 Å². The van der Waals surface area contributed by atoms with Crippen LogP contribution >= 0.6 is 0 Å². The van der Waals surface area contributed by atoms with Crippen LogP contribution in [0.2, 0.25) is 0 Å². The molecule has 1 atom stereocenters. The number of furan rings is 1. The molecule has 1 aliphatic carbocycles. The minimum absolute atomic E-state index is 0.0423. The number of urea groups is 1. The third-order valence-electron chi connectivity index (χ3n) is 6.12. The fourth-order valence-electron chi connectivity index (χ4n) is 4.34. The molecule has 168 valence electrons. The van der Waals surface area contributed by atoms with Crippen LogP contribution in [0.15, 0.2) is 53.1 Å². The molecular weight excluding hydrogens is 392 g/mol. The van der Waals surface area contributed by atoms with E-state index in [0.29, 0.717) is 25.9 Å². The van der Waals surface area contributed by atoms with Crippen molar-refractivity contribution in [2.45, 2.75) is 57.7 Å². The summed E-state index contributed by atoms with van der Waals surface area (Å²) in [6.45, 7) is 6.75. The van der Waals surface area contributed by atoms with Gasteiger partial charge in [0.15, 0.2) is 0 Å². The lowest BCUT2D eigenvalue weighted by atomic mass is 9.96. The Morgan fingerprint density at radius 3 is 2.35 bits per heavy atom. The number of hydrogen-bond acceptors (Lipinski definition) is 4. The molecular formula is C24H34N4O3. The first-order chi connectivity index (χ1) is 15.1. The van der Waals surface area contributed by atoms with Gasteiger partial charge in [0.05, 0.1) is 12.3 Å². The Labute approximate surface area is 184 Å². The lowest BCUT2D eigenvalue weighted by Gasteiger charge is -2.32. The summed E-state index contributed by atoms with van der Waals surface area (Å²) in [6.07, 6.45) is 4.79. The quantitative estimate of drug-likeness (QED) is 0.542. The van der Waals surface area contributed by atoms with Crippen molar-refractivity contribution in [3.8, 4) is 0 Å². The molecule has 0 saturated heterocycles. The van der Waals surface area contributed by atoms with E-state index in [1.54, 1.807) is 6.26 Å². The smallest absolute Gasteiger partial charge is 0.315 e. The number of amides is 3. The molecule has 1 aromatic carbocycles. The fraction of sp³-hybridized carbons (Fsp3) is 0.500. The van der Waals surface area contributed by atoms with Gasteiger partial charge in [0.25, 0.3) is 0 Å². The summed E-state index contributed by atoms with van der Waals surface area (Å²) >= 11 is 0. The third kappa shape index (κ3) is 5.88. The Kier molecular flexibility index (Phi) is 8.12. The maximum Gasteiger partial charge on any atom is 0.315 e. The Balaban J connectivity index is 1.61. The molecule has 1 heterocycles. The summed E-state index contributed by atoms with van der Waals surface area (Å²) in [4.78, 5) is 28.1. The number of nitrogens with one attached hydrogen (secondary N) is 3. The zero-order chi connectivity index (χ0) is 22.1. The van der Waals surface area contributed by atoms with Gasteiger partial charge in [-0.25, -0.2) is 4.79 Å². The molecule has 2 aromatic rings. The summed E-state index contributed by atoms with van der Waals surface area (Å²) < 4.78 is 5.63. The van der Waals surface area contributed by atoms with Crippen LogP contribution in [0.1, 0.15) is 56.9 Å². The molecule has 0 spiro atoms. The molecule has 1 unspecified atom stereocenters. The minimum Gasteiger partial charge on any atom is -0.468 e. The lowest BCUT2D eigenvalue weighted by Crippen LogP contribution is -2.59. The molecule has 0 radical (unpaired) electrons. The summed E-state index contributed by atoms with van der Waals surface area (Å²) in [5.74, 6) is 0.710. The predicted octanol–water partition coefficient (Wildman–Crippen LogP) is 3.59. The second-order valence-electron chi connectivity index (χ2n) is 8.04. The van der Waals surface area contributed by atoms with E-state index in [9.17, 15) is 9.59 Å². The van der Waals surface area contributed by atoms with Gasteiger partial charge in [-0.1, -0.05) is 57.0 Å². The highest BCUT2D eigenvalue weighted by Crippen LogP contribution is 2.30. The summed E-state index contributed by atoms with van der Waals surface area (Å²) in [6, 6.07) is 13.2. The standard InChI is InChI=1S/C24H34N4O3/c1-3-28(4-2)20(21-13-10-16-31-21)18-25-22(29)24(14-8-9-15-24)27-23(30)26-17-19-11-6-5-7-12-19/h5-7,10-13,16,20H,3-4,8-9,14-15,17-18H2,1-2H3,(H,25,29)(H2,26,27,30). The fourth-order valence-corrected chi connectivity index (χ4v) is 4.34. The topological polar surface area (TPSA) is 86.6 Å². The van der Waals surface area contributed by atoms with Crippen LogP contribution in [0.5, 0.6) is 0 Å². The van der Waals surface area contributed by atoms with E-state index in [-0.39, 0.29) is 18.0 Å². The molecule has 1 aliphatic rings. The van der Waals surface area contributed by atoms with E-state index in [4.69, 9.17) is 4.42 Å².